The van der Waals surface area contributed by atoms with E-state index >= 15 is 0 Å². The molecule has 18 heavy (non-hydrogen) atoms. The van der Waals surface area contributed by atoms with Crippen molar-refractivity contribution in [3.8, 4) is 5.75 Å². The molecule has 4 nitrogen and oxygen atoms in total. The van der Waals surface area contributed by atoms with Crippen LogP contribution in [0, 0.1) is 5.82 Å². The summed E-state index contributed by atoms with van der Waals surface area (Å²) in [7, 11) is 0. The van der Waals surface area contributed by atoms with Gasteiger partial charge in [-0.3, -0.25) is 4.79 Å². The van der Waals surface area contributed by atoms with Gasteiger partial charge in [-0.2, -0.15) is 0 Å². The van der Waals surface area contributed by atoms with Crippen LogP contribution in [0.3, 0.4) is 0 Å². The normalized spacial score (nSPS) is 10.4. The first kappa shape index (κ1) is 14.4. The molecule has 1 rings (SSSR count). The summed E-state index contributed by atoms with van der Waals surface area (Å²) < 4.78 is 13.6. The summed E-state index contributed by atoms with van der Waals surface area (Å²) in [6, 6.07) is 3.82. The van der Waals surface area contributed by atoms with Crippen LogP contribution in [0.2, 0.25) is 0 Å². The van der Waals surface area contributed by atoms with Gasteiger partial charge in [-0.25, -0.2) is 4.39 Å². The van der Waals surface area contributed by atoms with E-state index in [9.17, 15) is 14.3 Å². The molecule has 100 valence electrons. The quantitative estimate of drug-likeness (QED) is 0.812. The summed E-state index contributed by atoms with van der Waals surface area (Å²) in [5.41, 5.74) is 5.17. The molecule has 3 N–H and O–H groups in total. The molecular weight excluding hydrogens is 235 g/mol. The Balaban J connectivity index is 2.94. The van der Waals surface area contributed by atoms with Crippen molar-refractivity contribution in [3.63, 3.8) is 0 Å². The minimum atomic E-state index is -0.710. The first-order chi connectivity index (χ1) is 8.61. The number of unbranched alkanes of at least 4 members (excludes halogenated alkanes) is 1. The predicted octanol–water partition coefficient (Wildman–Crippen LogP) is 1.73. The number of nitrogens with zero attached hydrogens (tertiary/aromatic N) is 1. The highest BCUT2D eigenvalue weighted by Gasteiger charge is 2.21. The molecule has 5 heteroatoms. The third-order valence-electron chi connectivity index (χ3n) is 2.67. The van der Waals surface area contributed by atoms with Crippen LogP contribution in [0.15, 0.2) is 18.2 Å². The van der Waals surface area contributed by atoms with Gasteiger partial charge < -0.3 is 15.7 Å². The maximum absolute atomic E-state index is 13.6. The van der Waals surface area contributed by atoms with Crippen LogP contribution in [0.1, 0.15) is 30.1 Å². The van der Waals surface area contributed by atoms with Gasteiger partial charge in [0.15, 0.2) is 0 Å². The van der Waals surface area contributed by atoms with Crippen LogP contribution in [0.4, 0.5) is 4.39 Å². The third kappa shape index (κ3) is 3.43. The number of benzene rings is 1. The molecule has 0 aliphatic carbocycles. The fraction of sp³-hybridized carbons (Fsp3) is 0.462. The lowest BCUT2D eigenvalue weighted by Gasteiger charge is -2.22. The average molecular weight is 254 g/mol. The van der Waals surface area contributed by atoms with E-state index in [0.29, 0.717) is 19.6 Å². The van der Waals surface area contributed by atoms with Crippen LogP contribution in [-0.2, 0) is 0 Å². The second-order valence-electron chi connectivity index (χ2n) is 4.07. The van der Waals surface area contributed by atoms with Crippen LogP contribution >= 0.6 is 0 Å². The average Bonchev–Trinajstić information content (AvgIpc) is 2.34. The Bertz CT molecular complexity index is 390. The highest BCUT2D eigenvalue weighted by Crippen LogP contribution is 2.21. The maximum Gasteiger partial charge on any atom is 0.260 e. The fourth-order valence-electron chi connectivity index (χ4n) is 1.70. The monoisotopic (exact) mass is 254 g/mol. The Hall–Kier alpha value is -1.62. The standard InChI is InChI=1S/C13H19FN2O2/c1-2-3-8-16(9-7-15)13(18)12-10(14)5-4-6-11(12)17/h4-6,17H,2-3,7-9,15H2,1H3. The Morgan fingerprint density at radius 3 is 2.72 bits per heavy atom. The Labute approximate surface area is 106 Å². The van der Waals surface area contributed by atoms with Crippen molar-refractivity contribution in [1.82, 2.24) is 4.90 Å². The van der Waals surface area contributed by atoms with E-state index in [-0.39, 0.29) is 11.3 Å². The number of hydrogen-bond acceptors (Lipinski definition) is 3. The zero-order valence-corrected chi connectivity index (χ0v) is 10.5. The zero-order chi connectivity index (χ0) is 13.5. The molecule has 0 aromatic heterocycles. The SMILES string of the molecule is CCCCN(CCN)C(=O)c1c(O)cccc1F. The van der Waals surface area contributed by atoms with Gasteiger partial charge in [0.25, 0.3) is 5.91 Å². The van der Waals surface area contributed by atoms with Gasteiger partial charge in [0.1, 0.15) is 17.1 Å². The molecule has 0 heterocycles. The van der Waals surface area contributed by atoms with Gasteiger partial charge in [0.05, 0.1) is 0 Å². The lowest BCUT2D eigenvalue weighted by atomic mass is 10.1. The van der Waals surface area contributed by atoms with Crippen LogP contribution in [0.25, 0.3) is 0 Å². The van der Waals surface area contributed by atoms with Gasteiger partial charge in [0.2, 0.25) is 0 Å². The number of hydrogen-bond donors (Lipinski definition) is 2. The van der Waals surface area contributed by atoms with Crippen LogP contribution in [0.5, 0.6) is 5.75 Å². The molecule has 0 atom stereocenters. The number of halogens is 1. The van der Waals surface area contributed by atoms with E-state index in [4.69, 9.17) is 5.73 Å². The smallest absolute Gasteiger partial charge is 0.260 e. The summed E-state index contributed by atoms with van der Waals surface area (Å²) >= 11 is 0. The molecular formula is C13H19FN2O2. The maximum atomic E-state index is 13.6. The van der Waals surface area contributed by atoms with E-state index < -0.39 is 11.7 Å². The number of nitrogens with two attached hydrogens (primary N) is 1. The molecule has 0 saturated carbocycles. The number of phenols is 1. The first-order valence-corrected chi connectivity index (χ1v) is 6.08. The zero-order valence-electron chi connectivity index (χ0n) is 10.5. The van der Waals surface area contributed by atoms with Gasteiger partial charge in [-0.1, -0.05) is 19.4 Å². The number of rotatable bonds is 6. The van der Waals surface area contributed by atoms with E-state index in [1.54, 1.807) is 0 Å². The minimum absolute atomic E-state index is 0.276. The van der Waals surface area contributed by atoms with Crippen LogP contribution in [-0.4, -0.2) is 35.5 Å². The molecule has 0 unspecified atom stereocenters. The number of amides is 1. The van der Waals surface area contributed by atoms with Gasteiger partial charge in [-0.05, 0) is 18.6 Å². The van der Waals surface area contributed by atoms with Gasteiger partial charge >= 0.3 is 0 Å². The van der Waals surface area contributed by atoms with Crippen molar-refractivity contribution >= 4 is 5.91 Å². The summed E-state index contributed by atoms with van der Waals surface area (Å²) in [5.74, 6) is -1.55. The van der Waals surface area contributed by atoms with Crippen molar-refractivity contribution in [2.24, 2.45) is 5.73 Å². The fourth-order valence-corrected chi connectivity index (χ4v) is 1.70. The second kappa shape index (κ2) is 6.96. The molecule has 0 fully saturated rings. The minimum Gasteiger partial charge on any atom is -0.507 e. The summed E-state index contributed by atoms with van der Waals surface area (Å²) in [4.78, 5) is 13.6. The van der Waals surface area contributed by atoms with Crippen molar-refractivity contribution in [2.75, 3.05) is 19.6 Å². The molecule has 0 spiro atoms. The van der Waals surface area contributed by atoms with Crippen molar-refractivity contribution in [3.05, 3.63) is 29.6 Å². The predicted molar refractivity (Wildman–Crippen MR) is 67.9 cm³/mol. The lowest BCUT2D eigenvalue weighted by molar-refractivity contribution is 0.0750. The molecule has 0 saturated heterocycles. The number of carbonyl (C=O) groups is 1. The molecule has 0 aliphatic heterocycles. The lowest BCUT2D eigenvalue weighted by Crippen LogP contribution is -2.36. The van der Waals surface area contributed by atoms with E-state index in [2.05, 4.69) is 0 Å². The molecule has 0 radical (unpaired) electrons. The third-order valence-corrected chi connectivity index (χ3v) is 2.67. The van der Waals surface area contributed by atoms with Crippen molar-refractivity contribution in [1.29, 1.82) is 0 Å². The van der Waals surface area contributed by atoms with Crippen molar-refractivity contribution in [2.45, 2.75) is 19.8 Å². The van der Waals surface area contributed by atoms with Gasteiger partial charge in [-0.15, -0.1) is 0 Å². The Morgan fingerprint density at radius 1 is 1.44 bits per heavy atom. The molecule has 1 aromatic rings. The topological polar surface area (TPSA) is 66.6 Å². The largest absolute Gasteiger partial charge is 0.507 e. The number of phenolic OH excluding ortho intramolecular Hbond substituents is 1. The molecule has 0 aliphatic rings. The molecule has 1 amide bonds. The van der Waals surface area contributed by atoms with E-state index in [0.717, 1.165) is 18.9 Å². The summed E-state index contributed by atoms with van der Waals surface area (Å²) in [5, 5.41) is 9.59. The molecule has 0 bridgehead atoms. The number of carbonyl (C=O) groups excluding carboxylic acids is 1. The number of aromatic hydroxyl groups is 1. The first-order valence-electron chi connectivity index (χ1n) is 6.08. The molecule has 1 aromatic carbocycles. The Morgan fingerprint density at radius 2 is 2.17 bits per heavy atom. The second-order valence-corrected chi connectivity index (χ2v) is 4.07. The van der Waals surface area contributed by atoms with E-state index in [1.807, 2.05) is 6.92 Å². The van der Waals surface area contributed by atoms with Crippen molar-refractivity contribution < 1.29 is 14.3 Å². The highest BCUT2D eigenvalue weighted by atomic mass is 19.1. The summed E-state index contributed by atoms with van der Waals surface area (Å²) in [6.07, 6.45) is 1.75. The van der Waals surface area contributed by atoms with Gasteiger partial charge in [0, 0.05) is 19.6 Å². The van der Waals surface area contributed by atoms with Crippen LogP contribution < -0.4 is 5.73 Å². The summed E-state index contributed by atoms with van der Waals surface area (Å²) in [6.45, 7) is 3.18. The Kier molecular flexibility index (Phi) is 5.58. The highest BCUT2D eigenvalue weighted by molar-refractivity contribution is 5.97. The van der Waals surface area contributed by atoms with E-state index in [1.165, 1.54) is 17.0 Å².